The standard InChI is InChI=1S/C27H39NO/c1-26-15-4-3-7-20(26)9-10-21-22-11-12-24(27(22,2)16-14-23(21)26)25(29)13-8-19-6-5-17-28-18-19/h5-6,9,17-18,21-25,29H,3-4,7-8,10-16H2,1-2H3. The van der Waals surface area contributed by atoms with E-state index in [9.17, 15) is 5.11 Å². The molecule has 0 bridgehead atoms. The fourth-order valence-electron chi connectivity index (χ4n) is 8.43. The SMILES string of the molecule is CC12CCCCC1=CCC1C2CCC2(C)C(C(O)CCc3cccnc3)CCC12. The average Bonchev–Trinajstić information content (AvgIpc) is 3.09. The quantitative estimate of drug-likeness (QED) is 0.605. The fraction of sp³-hybridized carbons (Fsp3) is 0.741. The normalized spacial score (nSPS) is 42.4. The van der Waals surface area contributed by atoms with Crippen molar-refractivity contribution in [2.75, 3.05) is 0 Å². The number of nitrogens with zero attached hydrogens (tertiary/aromatic N) is 1. The summed E-state index contributed by atoms with van der Waals surface area (Å²) in [5.41, 5.74) is 3.88. The van der Waals surface area contributed by atoms with E-state index in [1.807, 2.05) is 18.5 Å². The molecule has 4 aliphatic rings. The molecule has 3 saturated carbocycles. The van der Waals surface area contributed by atoms with Crippen molar-refractivity contribution in [3.8, 4) is 0 Å². The van der Waals surface area contributed by atoms with Crippen molar-refractivity contribution in [1.82, 2.24) is 4.98 Å². The third kappa shape index (κ3) is 3.21. The molecule has 1 N–H and O–H groups in total. The van der Waals surface area contributed by atoms with Crippen molar-refractivity contribution in [2.24, 2.45) is 34.5 Å². The van der Waals surface area contributed by atoms with Crippen LogP contribution in [0.25, 0.3) is 0 Å². The average molecular weight is 394 g/mol. The fourth-order valence-corrected chi connectivity index (χ4v) is 8.43. The summed E-state index contributed by atoms with van der Waals surface area (Å²) in [5, 5.41) is 11.2. The van der Waals surface area contributed by atoms with E-state index in [2.05, 4.69) is 31.0 Å². The van der Waals surface area contributed by atoms with E-state index < -0.39 is 0 Å². The highest BCUT2D eigenvalue weighted by atomic mass is 16.3. The Kier molecular flexibility index (Phi) is 5.13. The van der Waals surface area contributed by atoms with Crippen LogP contribution in [0.2, 0.25) is 0 Å². The summed E-state index contributed by atoms with van der Waals surface area (Å²) in [6.45, 7) is 5.15. The van der Waals surface area contributed by atoms with E-state index in [1.165, 1.54) is 63.4 Å². The van der Waals surface area contributed by atoms with Crippen LogP contribution in [-0.2, 0) is 6.42 Å². The Balaban J connectivity index is 1.32. The lowest BCUT2D eigenvalue weighted by Crippen LogP contribution is -2.50. The van der Waals surface area contributed by atoms with Gasteiger partial charge in [-0.05, 0) is 110 Å². The van der Waals surface area contributed by atoms with Crippen LogP contribution in [0.1, 0.15) is 83.6 Å². The Morgan fingerprint density at radius 2 is 2.03 bits per heavy atom. The molecule has 1 aromatic rings. The predicted octanol–water partition coefficient (Wildman–Crippen LogP) is 6.34. The van der Waals surface area contributed by atoms with Gasteiger partial charge >= 0.3 is 0 Å². The molecule has 1 aromatic heterocycles. The van der Waals surface area contributed by atoms with Gasteiger partial charge in [0.25, 0.3) is 0 Å². The number of aromatic nitrogens is 1. The Hall–Kier alpha value is -1.15. The van der Waals surface area contributed by atoms with Gasteiger partial charge in [0.2, 0.25) is 0 Å². The maximum Gasteiger partial charge on any atom is 0.0576 e. The molecule has 0 amide bonds. The second-order valence-electron chi connectivity index (χ2n) is 11.2. The summed E-state index contributed by atoms with van der Waals surface area (Å²) < 4.78 is 0. The molecule has 29 heavy (non-hydrogen) atoms. The molecule has 7 unspecified atom stereocenters. The number of aryl methyl sites for hydroxylation is 1. The second-order valence-corrected chi connectivity index (χ2v) is 11.2. The maximum atomic E-state index is 11.2. The zero-order valence-corrected chi connectivity index (χ0v) is 18.4. The molecule has 4 aliphatic carbocycles. The highest BCUT2D eigenvalue weighted by molar-refractivity contribution is 5.24. The van der Waals surface area contributed by atoms with Gasteiger partial charge in [-0.1, -0.05) is 38.0 Å². The van der Waals surface area contributed by atoms with Crippen molar-refractivity contribution in [3.05, 3.63) is 41.7 Å². The summed E-state index contributed by atoms with van der Waals surface area (Å²) in [7, 11) is 0. The first kappa shape index (κ1) is 19.8. The van der Waals surface area contributed by atoms with E-state index in [1.54, 1.807) is 5.57 Å². The van der Waals surface area contributed by atoms with Crippen molar-refractivity contribution in [1.29, 1.82) is 0 Å². The lowest BCUT2D eigenvalue weighted by atomic mass is 9.47. The van der Waals surface area contributed by atoms with Gasteiger partial charge in [-0.2, -0.15) is 0 Å². The molecule has 0 spiro atoms. The van der Waals surface area contributed by atoms with Crippen LogP contribution in [0.4, 0.5) is 0 Å². The van der Waals surface area contributed by atoms with Crippen molar-refractivity contribution in [2.45, 2.75) is 90.6 Å². The maximum absolute atomic E-state index is 11.2. The molecular formula is C27H39NO. The summed E-state index contributed by atoms with van der Waals surface area (Å²) in [6, 6.07) is 4.15. The zero-order valence-electron chi connectivity index (χ0n) is 18.4. The monoisotopic (exact) mass is 393 g/mol. The van der Waals surface area contributed by atoms with Crippen molar-refractivity contribution in [3.63, 3.8) is 0 Å². The van der Waals surface area contributed by atoms with Crippen LogP contribution in [0.15, 0.2) is 36.2 Å². The predicted molar refractivity (Wildman–Crippen MR) is 118 cm³/mol. The number of allylic oxidation sites excluding steroid dienone is 2. The van der Waals surface area contributed by atoms with Gasteiger partial charge in [-0.3, -0.25) is 4.98 Å². The van der Waals surface area contributed by atoms with Gasteiger partial charge in [-0.25, -0.2) is 0 Å². The molecule has 0 aromatic carbocycles. The Bertz CT molecular complexity index is 757. The molecule has 7 atom stereocenters. The van der Waals surface area contributed by atoms with E-state index in [-0.39, 0.29) is 6.10 Å². The van der Waals surface area contributed by atoms with Crippen LogP contribution in [0.5, 0.6) is 0 Å². The molecule has 2 heteroatoms. The van der Waals surface area contributed by atoms with Crippen molar-refractivity contribution >= 4 is 0 Å². The van der Waals surface area contributed by atoms with Gasteiger partial charge in [0.05, 0.1) is 6.10 Å². The minimum atomic E-state index is -0.165. The van der Waals surface area contributed by atoms with Crippen LogP contribution in [0.3, 0.4) is 0 Å². The number of rotatable bonds is 4. The minimum Gasteiger partial charge on any atom is -0.393 e. The third-order valence-corrected chi connectivity index (χ3v) is 10.0. The molecule has 158 valence electrons. The summed E-state index contributed by atoms with van der Waals surface area (Å²) in [6.07, 6.45) is 20.3. The molecule has 3 fully saturated rings. The summed E-state index contributed by atoms with van der Waals surface area (Å²) in [4.78, 5) is 4.24. The molecule has 5 rings (SSSR count). The number of aliphatic hydroxyl groups excluding tert-OH is 1. The van der Waals surface area contributed by atoms with Gasteiger partial charge < -0.3 is 5.11 Å². The molecule has 2 nitrogen and oxygen atoms in total. The highest BCUT2D eigenvalue weighted by Crippen LogP contribution is 2.66. The smallest absolute Gasteiger partial charge is 0.0576 e. The number of hydrogen-bond acceptors (Lipinski definition) is 2. The van der Waals surface area contributed by atoms with Gasteiger partial charge in [-0.15, -0.1) is 0 Å². The number of hydrogen-bond donors (Lipinski definition) is 1. The first-order valence-corrected chi connectivity index (χ1v) is 12.3. The summed E-state index contributed by atoms with van der Waals surface area (Å²) >= 11 is 0. The van der Waals surface area contributed by atoms with Gasteiger partial charge in [0.15, 0.2) is 0 Å². The highest BCUT2D eigenvalue weighted by Gasteiger charge is 2.59. The minimum absolute atomic E-state index is 0.165. The lowest BCUT2D eigenvalue weighted by Gasteiger charge is -2.58. The van der Waals surface area contributed by atoms with E-state index in [4.69, 9.17) is 0 Å². The van der Waals surface area contributed by atoms with Gasteiger partial charge in [0.1, 0.15) is 0 Å². The van der Waals surface area contributed by atoms with Crippen LogP contribution >= 0.6 is 0 Å². The molecule has 0 aliphatic heterocycles. The van der Waals surface area contributed by atoms with E-state index in [0.717, 1.165) is 30.6 Å². The molecule has 1 heterocycles. The molecular weight excluding hydrogens is 354 g/mol. The summed E-state index contributed by atoms with van der Waals surface area (Å²) in [5.74, 6) is 3.05. The molecule has 0 radical (unpaired) electrons. The second kappa shape index (κ2) is 7.52. The Morgan fingerprint density at radius 1 is 1.14 bits per heavy atom. The van der Waals surface area contributed by atoms with E-state index >= 15 is 0 Å². The lowest BCUT2D eigenvalue weighted by molar-refractivity contribution is -0.0663. The Morgan fingerprint density at radius 3 is 2.86 bits per heavy atom. The molecule has 0 saturated heterocycles. The number of pyridine rings is 1. The van der Waals surface area contributed by atoms with Crippen LogP contribution < -0.4 is 0 Å². The number of fused-ring (bicyclic) bond motifs is 5. The first-order valence-electron chi connectivity index (χ1n) is 12.3. The van der Waals surface area contributed by atoms with Gasteiger partial charge in [0, 0.05) is 12.4 Å². The number of aliphatic hydroxyl groups is 1. The third-order valence-electron chi connectivity index (χ3n) is 10.0. The van der Waals surface area contributed by atoms with Crippen LogP contribution in [0, 0.1) is 34.5 Å². The Labute approximate surface area is 177 Å². The van der Waals surface area contributed by atoms with Crippen LogP contribution in [-0.4, -0.2) is 16.2 Å². The zero-order chi connectivity index (χ0) is 20.1. The first-order chi connectivity index (χ1) is 14.0. The van der Waals surface area contributed by atoms with E-state index in [0.29, 0.717) is 16.7 Å². The topological polar surface area (TPSA) is 33.1 Å². The van der Waals surface area contributed by atoms with Crippen molar-refractivity contribution < 1.29 is 5.11 Å². The largest absolute Gasteiger partial charge is 0.393 e.